The van der Waals surface area contributed by atoms with Gasteiger partial charge < -0.3 is 5.32 Å². The van der Waals surface area contributed by atoms with E-state index in [9.17, 15) is 4.79 Å². The summed E-state index contributed by atoms with van der Waals surface area (Å²) in [5.74, 6) is 0.0337. The number of hydrogen-bond donors (Lipinski definition) is 1. The molecule has 0 spiro atoms. The Labute approximate surface area is 111 Å². The van der Waals surface area contributed by atoms with E-state index in [4.69, 9.17) is 0 Å². The van der Waals surface area contributed by atoms with Gasteiger partial charge in [0.2, 0.25) is 0 Å². The summed E-state index contributed by atoms with van der Waals surface area (Å²) in [5, 5.41) is 4.84. The third-order valence-corrected chi connectivity index (χ3v) is 3.51. The minimum Gasteiger partial charge on any atom is -0.351 e. The van der Waals surface area contributed by atoms with Crippen molar-refractivity contribution in [3.05, 3.63) is 52.5 Å². The van der Waals surface area contributed by atoms with Crippen LogP contribution in [0, 0.1) is 0 Å². The molecule has 1 amide bonds. The number of nitrogens with one attached hydrogen (secondary N) is 1. The van der Waals surface area contributed by atoms with Crippen LogP contribution >= 0.6 is 11.3 Å². The fourth-order valence-corrected chi connectivity index (χ4v) is 2.34. The minimum atomic E-state index is 0.0337. The van der Waals surface area contributed by atoms with Crippen molar-refractivity contribution in [3.63, 3.8) is 0 Å². The molecule has 4 heteroatoms. The Morgan fingerprint density at radius 1 is 1.28 bits per heavy atom. The van der Waals surface area contributed by atoms with E-state index in [0.717, 1.165) is 30.7 Å². The van der Waals surface area contributed by atoms with Crippen LogP contribution in [0.3, 0.4) is 0 Å². The molecule has 1 N–H and O–H groups in total. The number of aromatic nitrogens is 1. The molecule has 0 bridgehead atoms. The molecule has 0 saturated carbocycles. The van der Waals surface area contributed by atoms with E-state index in [-0.39, 0.29) is 5.91 Å². The summed E-state index contributed by atoms with van der Waals surface area (Å²) in [7, 11) is 0. The highest BCUT2D eigenvalue weighted by Gasteiger charge is 2.04. The molecule has 0 unspecified atom stereocenters. The van der Waals surface area contributed by atoms with Gasteiger partial charge in [-0.1, -0.05) is 12.1 Å². The molecule has 3 nitrogen and oxygen atoms in total. The Morgan fingerprint density at radius 2 is 2.22 bits per heavy atom. The molecule has 0 fully saturated rings. The third kappa shape index (κ3) is 3.96. The summed E-state index contributed by atoms with van der Waals surface area (Å²) in [6.45, 7) is 0.733. The van der Waals surface area contributed by atoms with Gasteiger partial charge in [-0.05, 0) is 42.3 Å². The molecule has 2 heterocycles. The van der Waals surface area contributed by atoms with Crippen molar-refractivity contribution in [1.82, 2.24) is 10.3 Å². The van der Waals surface area contributed by atoms with E-state index in [1.54, 1.807) is 6.20 Å². The molecule has 18 heavy (non-hydrogen) atoms. The first kappa shape index (κ1) is 12.8. The van der Waals surface area contributed by atoms with E-state index < -0.39 is 0 Å². The van der Waals surface area contributed by atoms with Crippen LogP contribution < -0.4 is 5.32 Å². The number of carbonyl (C=O) groups excluding carboxylic acids is 1. The standard InChI is InChI=1S/C14H16N2OS/c17-14(13-7-4-10-18-13)16-9-2-1-5-12-6-3-8-15-11-12/h3-4,6-8,10-11H,1-2,5,9H2,(H,16,17). The summed E-state index contributed by atoms with van der Waals surface area (Å²) in [6.07, 6.45) is 6.75. The lowest BCUT2D eigenvalue weighted by Gasteiger charge is -2.03. The summed E-state index contributed by atoms with van der Waals surface area (Å²) in [6, 6.07) is 7.77. The first-order valence-electron chi connectivity index (χ1n) is 6.07. The highest BCUT2D eigenvalue weighted by atomic mass is 32.1. The van der Waals surface area contributed by atoms with E-state index in [1.807, 2.05) is 29.8 Å². The maximum atomic E-state index is 11.6. The normalized spacial score (nSPS) is 10.2. The Morgan fingerprint density at radius 3 is 2.94 bits per heavy atom. The number of carbonyl (C=O) groups is 1. The first-order chi connectivity index (χ1) is 8.86. The van der Waals surface area contributed by atoms with Gasteiger partial charge in [-0.15, -0.1) is 11.3 Å². The van der Waals surface area contributed by atoms with Gasteiger partial charge in [0.15, 0.2) is 0 Å². The van der Waals surface area contributed by atoms with Gasteiger partial charge >= 0.3 is 0 Å². The zero-order valence-corrected chi connectivity index (χ0v) is 11.0. The molecule has 0 atom stereocenters. The number of pyridine rings is 1. The van der Waals surface area contributed by atoms with Crippen molar-refractivity contribution in [3.8, 4) is 0 Å². The summed E-state index contributed by atoms with van der Waals surface area (Å²) < 4.78 is 0. The summed E-state index contributed by atoms with van der Waals surface area (Å²) in [5.41, 5.74) is 1.25. The Kier molecular flexibility index (Phi) is 4.90. The van der Waals surface area contributed by atoms with Crippen molar-refractivity contribution in [2.45, 2.75) is 19.3 Å². The largest absolute Gasteiger partial charge is 0.351 e. The van der Waals surface area contributed by atoms with Gasteiger partial charge in [-0.3, -0.25) is 9.78 Å². The lowest BCUT2D eigenvalue weighted by Crippen LogP contribution is -2.23. The quantitative estimate of drug-likeness (QED) is 0.811. The van der Waals surface area contributed by atoms with Crippen molar-refractivity contribution in [2.75, 3.05) is 6.54 Å². The Balaban J connectivity index is 1.61. The Hall–Kier alpha value is -1.68. The van der Waals surface area contributed by atoms with Gasteiger partial charge in [0.1, 0.15) is 0 Å². The number of thiophene rings is 1. The fraction of sp³-hybridized carbons (Fsp3) is 0.286. The topological polar surface area (TPSA) is 42.0 Å². The van der Waals surface area contributed by atoms with Crippen molar-refractivity contribution in [2.24, 2.45) is 0 Å². The summed E-state index contributed by atoms with van der Waals surface area (Å²) >= 11 is 1.47. The molecule has 0 aliphatic carbocycles. The molecular formula is C14H16N2OS. The molecule has 0 saturated heterocycles. The van der Waals surface area contributed by atoms with E-state index in [2.05, 4.69) is 16.4 Å². The lowest BCUT2D eigenvalue weighted by atomic mass is 10.1. The van der Waals surface area contributed by atoms with Crippen LogP contribution in [0.25, 0.3) is 0 Å². The van der Waals surface area contributed by atoms with Crippen LogP contribution in [0.2, 0.25) is 0 Å². The van der Waals surface area contributed by atoms with Gasteiger partial charge in [0.25, 0.3) is 5.91 Å². The molecular weight excluding hydrogens is 244 g/mol. The average molecular weight is 260 g/mol. The number of unbranched alkanes of at least 4 members (excludes halogenated alkanes) is 1. The molecule has 94 valence electrons. The van der Waals surface area contributed by atoms with Crippen LogP contribution in [-0.2, 0) is 6.42 Å². The van der Waals surface area contributed by atoms with Crippen molar-refractivity contribution >= 4 is 17.2 Å². The number of hydrogen-bond acceptors (Lipinski definition) is 3. The molecule has 2 aromatic rings. The first-order valence-corrected chi connectivity index (χ1v) is 6.95. The predicted octanol–water partition coefficient (Wildman–Crippen LogP) is 2.90. The molecule has 2 rings (SSSR count). The third-order valence-electron chi connectivity index (χ3n) is 2.65. The fourth-order valence-electron chi connectivity index (χ4n) is 1.70. The molecule has 2 aromatic heterocycles. The SMILES string of the molecule is O=C(NCCCCc1cccnc1)c1cccs1. The van der Waals surface area contributed by atoms with Gasteiger partial charge in [-0.2, -0.15) is 0 Å². The van der Waals surface area contributed by atoms with Crippen molar-refractivity contribution in [1.29, 1.82) is 0 Å². The monoisotopic (exact) mass is 260 g/mol. The van der Waals surface area contributed by atoms with Gasteiger partial charge in [-0.25, -0.2) is 0 Å². The Bertz CT molecular complexity index is 468. The average Bonchev–Trinajstić information content (AvgIpc) is 2.93. The lowest BCUT2D eigenvalue weighted by molar-refractivity contribution is 0.0957. The van der Waals surface area contributed by atoms with E-state index in [0.29, 0.717) is 0 Å². The number of nitrogens with zero attached hydrogens (tertiary/aromatic N) is 1. The summed E-state index contributed by atoms with van der Waals surface area (Å²) in [4.78, 5) is 16.5. The highest BCUT2D eigenvalue weighted by molar-refractivity contribution is 7.12. The maximum Gasteiger partial charge on any atom is 0.261 e. The van der Waals surface area contributed by atoms with Crippen molar-refractivity contribution < 1.29 is 4.79 Å². The second-order valence-corrected chi connectivity index (χ2v) is 5.00. The van der Waals surface area contributed by atoms with E-state index >= 15 is 0 Å². The molecule has 0 aliphatic heterocycles. The van der Waals surface area contributed by atoms with Crippen LogP contribution in [0.1, 0.15) is 28.1 Å². The van der Waals surface area contributed by atoms with Crippen LogP contribution in [0.4, 0.5) is 0 Å². The maximum absolute atomic E-state index is 11.6. The second kappa shape index (κ2) is 6.91. The van der Waals surface area contributed by atoms with Crippen LogP contribution in [-0.4, -0.2) is 17.4 Å². The zero-order chi connectivity index (χ0) is 12.6. The minimum absolute atomic E-state index is 0.0337. The van der Waals surface area contributed by atoms with Gasteiger partial charge in [0.05, 0.1) is 4.88 Å². The van der Waals surface area contributed by atoms with E-state index in [1.165, 1.54) is 16.9 Å². The smallest absolute Gasteiger partial charge is 0.261 e. The van der Waals surface area contributed by atoms with Crippen LogP contribution in [0.5, 0.6) is 0 Å². The number of rotatable bonds is 6. The zero-order valence-electron chi connectivity index (χ0n) is 10.1. The number of aryl methyl sites for hydroxylation is 1. The number of amides is 1. The molecule has 0 aliphatic rings. The predicted molar refractivity (Wildman–Crippen MR) is 73.8 cm³/mol. The molecule has 0 radical (unpaired) electrons. The van der Waals surface area contributed by atoms with Crippen LogP contribution in [0.15, 0.2) is 42.0 Å². The highest BCUT2D eigenvalue weighted by Crippen LogP contribution is 2.08. The second-order valence-electron chi connectivity index (χ2n) is 4.05. The molecule has 0 aromatic carbocycles. The van der Waals surface area contributed by atoms with Gasteiger partial charge in [0, 0.05) is 18.9 Å².